The average Bonchev–Trinajstić information content (AvgIpc) is 1.81. The normalized spacial score (nSPS) is 5.50. The van der Waals surface area contributed by atoms with Crippen LogP contribution in [0.2, 0.25) is 0 Å². The number of rotatable bonds is 2. The molecule has 0 saturated heterocycles. The van der Waals surface area contributed by atoms with Crippen molar-refractivity contribution in [3.63, 3.8) is 0 Å². The van der Waals surface area contributed by atoms with Crippen LogP contribution in [0.4, 0.5) is 0 Å². The molecule has 0 amide bonds. The fourth-order valence-electron chi connectivity index (χ4n) is 0.197. The van der Waals surface area contributed by atoms with Crippen LogP contribution in [0, 0.1) is 5.41 Å². The van der Waals surface area contributed by atoms with Gasteiger partial charge < -0.3 is 5.41 Å². The van der Waals surface area contributed by atoms with E-state index < -0.39 is 0 Å². The largest absolute Gasteiger partial charge is 0.308 e. The van der Waals surface area contributed by atoms with Crippen molar-refractivity contribution in [3.8, 4) is 0 Å². The van der Waals surface area contributed by atoms with Crippen molar-refractivity contribution in [1.82, 2.24) is 0 Å². The summed E-state index contributed by atoms with van der Waals surface area (Å²) in [6, 6.07) is 0. The van der Waals surface area contributed by atoms with Gasteiger partial charge in [-0.2, -0.15) is 0 Å². The lowest BCUT2D eigenvalue weighted by atomic mass is 10.5. The smallest absolute Gasteiger partial charge is 0.0261 e. The van der Waals surface area contributed by atoms with E-state index in [0.29, 0.717) is 0 Å². The molecule has 0 bridgehead atoms. The van der Waals surface area contributed by atoms with E-state index in [0.717, 1.165) is 6.21 Å². The second kappa shape index (κ2) is 5.71. The summed E-state index contributed by atoms with van der Waals surface area (Å²) < 4.78 is 0. The molecule has 0 fully saturated rings. The molecular formula is C7H7N. The molecule has 0 aromatic carbocycles. The molecule has 0 rings (SSSR count). The van der Waals surface area contributed by atoms with Crippen molar-refractivity contribution >= 4 is 6.21 Å². The van der Waals surface area contributed by atoms with Gasteiger partial charge in [0, 0.05) is 12.3 Å². The van der Waals surface area contributed by atoms with Crippen LogP contribution in [-0.2, 0) is 0 Å². The van der Waals surface area contributed by atoms with E-state index >= 15 is 0 Å². The van der Waals surface area contributed by atoms with Gasteiger partial charge in [-0.25, -0.2) is 0 Å². The van der Waals surface area contributed by atoms with E-state index in [1.54, 1.807) is 12.2 Å². The van der Waals surface area contributed by atoms with Gasteiger partial charge >= 0.3 is 0 Å². The first-order valence-electron chi connectivity index (χ1n) is 2.19. The zero-order chi connectivity index (χ0) is 6.24. The minimum absolute atomic E-state index is 1.14. The van der Waals surface area contributed by atoms with Crippen LogP contribution < -0.4 is 0 Å². The van der Waals surface area contributed by atoms with Crippen LogP contribution in [0.5, 0.6) is 0 Å². The second-order valence-electron chi connectivity index (χ2n) is 1.02. The van der Waals surface area contributed by atoms with Crippen LogP contribution in [0.25, 0.3) is 0 Å². The lowest BCUT2D eigenvalue weighted by Gasteiger charge is -1.54. The Morgan fingerprint density at radius 3 is 2.38 bits per heavy atom. The Labute approximate surface area is 48.9 Å². The third-order valence-electron chi connectivity index (χ3n) is 0.451. The lowest BCUT2D eigenvalue weighted by molar-refractivity contribution is 1.58. The minimum Gasteiger partial charge on any atom is -0.308 e. The predicted octanol–water partition coefficient (Wildman–Crippen LogP) is 1.69. The zero-order valence-corrected chi connectivity index (χ0v) is 4.52. The number of allylic oxidation sites excluding steroid dienone is 3. The van der Waals surface area contributed by atoms with Crippen molar-refractivity contribution < 1.29 is 0 Å². The summed E-state index contributed by atoms with van der Waals surface area (Å²) >= 11 is 0. The van der Waals surface area contributed by atoms with Gasteiger partial charge in [-0.3, -0.25) is 0 Å². The molecule has 0 saturated carbocycles. The second-order valence-corrected chi connectivity index (χ2v) is 1.02. The van der Waals surface area contributed by atoms with E-state index in [1.165, 1.54) is 6.08 Å². The third kappa shape index (κ3) is 4.71. The summed E-state index contributed by atoms with van der Waals surface area (Å²) in [4.78, 5) is 0. The highest BCUT2D eigenvalue weighted by molar-refractivity contribution is 5.67. The Morgan fingerprint density at radius 2 is 1.88 bits per heavy atom. The first-order valence-corrected chi connectivity index (χ1v) is 2.19. The molecule has 0 atom stereocenters. The maximum Gasteiger partial charge on any atom is 0.0261 e. The van der Waals surface area contributed by atoms with Gasteiger partial charge in [0.25, 0.3) is 0 Å². The van der Waals surface area contributed by atoms with E-state index in [-0.39, 0.29) is 0 Å². The van der Waals surface area contributed by atoms with Crippen molar-refractivity contribution in [2.45, 2.75) is 0 Å². The van der Waals surface area contributed by atoms with Gasteiger partial charge in [0.2, 0.25) is 0 Å². The summed E-state index contributed by atoms with van der Waals surface area (Å²) in [6.07, 6.45) is 5.83. The van der Waals surface area contributed by atoms with Gasteiger partial charge in [0.15, 0.2) is 0 Å². The maximum absolute atomic E-state index is 6.52. The number of nitrogens with one attached hydrogen (secondary N) is 1. The molecule has 1 N–H and O–H groups in total. The maximum atomic E-state index is 6.52. The highest BCUT2D eigenvalue weighted by Gasteiger charge is 1.46. The van der Waals surface area contributed by atoms with E-state index in [2.05, 4.69) is 18.0 Å². The van der Waals surface area contributed by atoms with Crippen molar-refractivity contribution in [1.29, 1.82) is 5.41 Å². The molecule has 1 nitrogen and oxygen atoms in total. The van der Waals surface area contributed by atoms with Crippen molar-refractivity contribution in [3.05, 3.63) is 36.3 Å². The molecule has 0 heterocycles. The highest BCUT2D eigenvalue weighted by atomic mass is 14.3. The summed E-state index contributed by atoms with van der Waals surface area (Å²) in [5, 5.41) is 6.52. The number of hydrogen-bond donors (Lipinski definition) is 1. The molecule has 40 valence electrons. The Morgan fingerprint density at radius 1 is 1.25 bits per heavy atom. The van der Waals surface area contributed by atoms with E-state index in [9.17, 15) is 0 Å². The molecule has 0 spiro atoms. The Bertz CT molecular complexity index is 145. The first kappa shape index (κ1) is 6.71. The first-order chi connectivity index (χ1) is 3.91. The topological polar surface area (TPSA) is 23.9 Å². The molecule has 0 aliphatic rings. The van der Waals surface area contributed by atoms with E-state index in [4.69, 9.17) is 5.41 Å². The van der Waals surface area contributed by atoms with Gasteiger partial charge in [0.1, 0.15) is 0 Å². The Balaban J connectivity index is 3.98. The molecule has 0 radical (unpaired) electrons. The molecule has 0 aromatic rings. The van der Waals surface area contributed by atoms with Crippen LogP contribution >= 0.6 is 0 Å². The fraction of sp³-hybridized carbons (Fsp3) is 0. The van der Waals surface area contributed by atoms with Crippen LogP contribution in [-0.4, -0.2) is 6.21 Å². The standard InChI is InChI=1S/C7H7N/c1-2-3-4-5-6-7-8/h2-3,6-8H,1H2. The lowest BCUT2D eigenvalue weighted by Crippen LogP contribution is -1.46. The molecule has 8 heavy (non-hydrogen) atoms. The van der Waals surface area contributed by atoms with Gasteiger partial charge in [0.05, 0.1) is 0 Å². The molecule has 1 heteroatoms. The van der Waals surface area contributed by atoms with Gasteiger partial charge in [-0.05, 0) is 6.08 Å². The van der Waals surface area contributed by atoms with Crippen LogP contribution in [0.15, 0.2) is 36.3 Å². The molecule has 0 aliphatic heterocycles. The fourth-order valence-corrected chi connectivity index (χ4v) is 0.197. The number of hydrogen-bond acceptors (Lipinski definition) is 1. The van der Waals surface area contributed by atoms with E-state index in [1.807, 2.05) is 0 Å². The Hall–Kier alpha value is -1.29. The monoisotopic (exact) mass is 105 g/mol. The molecule has 0 aliphatic carbocycles. The minimum atomic E-state index is 1.14. The van der Waals surface area contributed by atoms with Crippen molar-refractivity contribution in [2.24, 2.45) is 0 Å². The Kier molecular flexibility index (Phi) is 4.79. The average molecular weight is 105 g/mol. The summed E-state index contributed by atoms with van der Waals surface area (Å²) in [5.41, 5.74) is 5.23. The van der Waals surface area contributed by atoms with Crippen LogP contribution in [0.1, 0.15) is 0 Å². The molecular weight excluding hydrogens is 98.1 g/mol. The van der Waals surface area contributed by atoms with Gasteiger partial charge in [-0.15, -0.1) is 0 Å². The molecule has 0 aromatic heterocycles. The SMILES string of the molecule is C=CC=C=C=CC=N. The summed E-state index contributed by atoms with van der Waals surface area (Å²) in [7, 11) is 0. The summed E-state index contributed by atoms with van der Waals surface area (Å²) in [5.74, 6) is 0. The molecule has 0 unspecified atom stereocenters. The summed E-state index contributed by atoms with van der Waals surface area (Å²) in [6.45, 7) is 3.43. The van der Waals surface area contributed by atoms with Gasteiger partial charge in [-0.1, -0.05) is 24.1 Å². The highest BCUT2D eigenvalue weighted by Crippen LogP contribution is 1.62. The quantitative estimate of drug-likeness (QED) is 0.314. The zero-order valence-electron chi connectivity index (χ0n) is 4.52. The third-order valence-corrected chi connectivity index (χ3v) is 0.451. The van der Waals surface area contributed by atoms with Crippen LogP contribution in [0.3, 0.4) is 0 Å². The predicted molar refractivity (Wildman–Crippen MR) is 35.1 cm³/mol. The van der Waals surface area contributed by atoms with Crippen molar-refractivity contribution in [2.75, 3.05) is 0 Å².